The SMILES string of the molecule is CCCOC(C(=O)OCCN(C)C)(c1ccccc1)c1ccccc1.Cl. The number of hydrogen-bond donors (Lipinski definition) is 0. The van der Waals surface area contributed by atoms with E-state index in [0.29, 0.717) is 19.8 Å². The van der Waals surface area contributed by atoms with E-state index in [1.165, 1.54) is 0 Å². The first-order valence-corrected chi connectivity index (χ1v) is 8.68. The number of rotatable bonds is 9. The van der Waals surface area contributed by atoms with Gasteiger partial charge in [-0.2, -0.15) is 0 Å². The van der Waals surface area contributed by atoms with Crippen LogP contribution in [0, 0.1) is 0 Å². The van der Waals surface area contributed by atoms with Crippen molar-refractivity contribution in [3.8, 4) is 0 Å². The average Bonchev–Trinajstić information content (AvgIpc) is 2.64. The minimum Gasteiger partial charge on any atom is -0.462 e. The highest BCUT2D eigenvalue weighted by molar-refractivity contribution is 5.86. The average molecular weight is 378 g/mol. The first-order valence-electron chi connectivity index (χ1n) is 8.68. The van der Waals surface area contributed by atoms with Gasteiger partial charge in [-0.15, -0.1) is 12.4 Å². The van der Waals surface area contributed by atoms with Crippen LogP contribution >= 0.6 is 12.4 Å². The molecule has 0 fully saturated rings. The summed E-state index contributed by atoms with van der Waals surface area (Å²) in [5.74, 6) is -0.375. The van der Waals surface area contributed by atoms with E-state index in [1.807, 2.05) is 86.6 Å². The zero-order chi connectivity index (χ0) is 18.1. The number of benzene rings is 2. The molecule has 0 spiro atoms. The lowest BCUT2D eigenvalue weighted by Gasteiger charge is -2.32. The van der Waals surface area contributed by atoms with E-state index in [1.54, 1.807) is 0 Å². The molecule has 0 saturated heterocycles. The minimum atomic E-state index is -1.25. The molecule has 4 nitrogen and oxygen atoms in total. The summed E-state index contributed by atoms with van der Waals surface area (Å²) in [6.07, 6.45) is 0.812. The van der Waals surface area contributed by atoms with Gasteiger partial charge in [-0.25, -0.2) is 4.79 Å². The Bertz CT molecular complexity index is 607. The summed E-state index contributed by atoms with van der Waals surface area (Å²) in [5, 5.41) is 0. The summed E-state index contributed by atoms with van der Waals surface area (Å²) in [6.45, 7) is 3.48. The third-order valence-electron chi connectivity index (χ3n) is 3.94. The van der Waals surface area contributed by atoms with E-state index in [9.17, 15) is 4.79 Å². The molecule has 0 saturated carbocycles. The molecule has 0 radical (unpaired) electrons. The maximum absolute atomic E-state index is 13.2. The highest BCUT2D eigenvalue weighted by atomic mass is 35.5. The largest absolute Gasteiger partial charge is 0.462 e. The summed E-state index contributed by atoms with van der Waals surface area (Å²) in [7, 11) is 3.89. The summed E-state index contributed by atoms with van der Waals surface area (Å²) in [5.41, 5.74) is 0.319. The molecule has 142 valence electrons. The van der Waals surface area contributed by atoms with Gasteiger partial charge in [0.1, 0.15) is 6.61 Å². The van der Waals surface area contributed by atoms with Crippen LogP contribution in [0.1, 0.15) is 24.5 Å². The number of hydrogen-bond acceptors (Lipinski definition) is 4. The van der Waals surface area contributed by atoms with Crippen molar-refractivity contribution in [2.45, 2.75) is 18.9 Å². The highest BCUT2D eigenvalue weighted by Gasteiger charge is 2.44. The zero-order valence-electron chi connectivity index (χ0n) is 15.7. The number of likely N-dealkylation sites (N-methyl/N-ethyl adjacent to an activating group) is 1. The number of ether oxygens (including phenoxy) is 2. The number of nitrogens with zero attached hydrogens (tertiary/aromatic N) is 1. The van der Waals surface area contributed by atoms with Gasteiger partial charge in [0.15, 0.2) is 0 Å². The Morgan fingerprint density at radius 3 is 1.85 bits per heavy atom. The van der Waals surface area contributed by atoms with Gasteiger partial charge < -0.3 is 14.4 Å². The molecular weight excluding hydrogens is 350 g/mol. The van der Waals surface area contributed by atoms with Crippen molar-refractivity contribution in [1.29, 1.82) is 0 Å². The normalized spacial score (nSPS) is 11.1. The Kier molecular flexibility index (Phi) is 9.35. The van der Waals surface area contributed by atoms with E-state index in [0.717, 1.165) is 17.5 Å². The van der Waals surface area contributed by atoms with Gasteiger partial charge in [0.2, 0.25) is 5.60 Å². The van der Waals surface area contributed by atoms with Gasteiger partial charge >= 0.3 is 5.97 Å². The van der Waals surface area contributed by atoms with Crippen LogP contribution in [-0.2, 0) is 19.9 Å². The van der Waals surface area contributed by atoms with Crippen molar-refractivity contribution in [2.75, 3.05) is 33.9 Å². The number of halogens is 1. The third-order valence-corrected chi connectivity index (χ3v) is 3.94. The van der Waals surface area contributed by atoms with Crippen LogP contribution in [0.4, 0.5) is 0 Å². The zero-order valence-corrected chi connectivity index (χ0v) is 16.5. The lowest BCUT2D eigenvalue weighted by molar-refractivity contribution is -0.169. The number of carbonyl (C=O) groups is 1. The molecular formula is C21H28ClNO3. The van der Waals surface area contributed by atoms with Gasteiger partial charge in [0.05, 0.1) is 0 Å². The predicted octanol–water partition coefficient (Wildman–Crippen LogP) is 3.88. The van der Waals surface area contributed by atoms with Crippen LogP contribution in [-0.4, -0.2) is 44.7 Å². The Labute approximate surface area is 162 Å². The number of carbonyl (C=O) groups excluding carboxylic acids is 1. The second-order valence-electron chi connectivity index (χ2n) is 6.20. The van der Waals surface area contributed by atoms with Crippen molar-refractivity contribution in [3.05, 3.63) is 71.8 Å². The molecule has 5 heteroatoms. The Hall–Kier alpha value is -1.88. The molecule has 0 aliphatic carbocycles. The topological polar surface area (TPSA) is 38.8 Å². The molecule has 0 aliphatic heterocycles. The molecule has 2 aromatic carbocycles. The van der Waals surface area contributed by atoms with Crippen molar-refractivity contribution in [2.24, 2.45) is 0 Å². The highest BCUT2D eigenvalue weighted by Crippen LogP contribution is 2.35. The lowest BCUT2D eigenvalue weighted by atomic mass is 9.86. The number of esters is 1. The Balaban J connectivity index is 0.00000338. The standard InChI is InChI=1S/C21H27NO3.ClH/c1-4-16-25-21(18-11-7-5-8-12-18,19-13-9-6-10-14-19)20(23)24-17-15-22(2)3;/h5-14H,4,15-17H2,1-3H3;1H. The molecule has 0 aromatic heterocycles. The maximum Gasteiger partial charge on any atom is 0.347 e. The van der Waals surface area contributed by atoms with Crippen LogP contribution in [0.3, 0.4) is 0 Å². The first-order chi connectivity index (χ1) is 12.1. The van der Waals surface area contributed by atoms with Gasteiger partial charge in [0, 0.05) is 13.2 Å². The van der Waals surface area contributed by atoms with Crippen LogP contribution in [0.5, 0.6) is 0 Å². The molecule has 0 atom stereocenters. The fourth-order valence-corrected chi connectivity index (χ4v) is 2.65. The van der Waals surface area contributed by atoms with Crippen molar-refractivity contribution in [3.63, 3.8) is 0 Å². The van der Waals surface area contributed by atoms with E-state index in [2.05, 4.69) is 0 Å². The predicted molar refractivity (Wildman–Crippen MR) is 107 cm³/mol. The Morgan fingerprint density at radius 2 is 1.42 bits per heavy atom. The fraction of sp³-hybridized carbons (Fsp3) is 0.381. The van der Waals surface area contributed by atoms with E-state index in [-0.39, 0.29) is 18.4 Å². The van der Waals surface area contributed by atoms with Gasteiger partial charge in [-0.1, -0.05) is 67.6 Å². The molecule has 0 aliphatic rings. The van der Waals surface area contributed by atoms with E-state index in [4.69, 9.17) is 9.47 Å². The lowest BCUT2D eigenvalue weighted by Crippen LogP contribution is -2.42. The maximum atomic E-state index is 13.2. The fourth-order valence-electron chi connectivity index (χ4n) is 2.65. The van der Waals surface area contributed by atoms with Crippen molar-refractivity contribution >= 4 is 18.4 Å². The van der Waals surface area contributed by atoms with Gasteiger partial charge in [-0.3, -0.25) is 0 Å². The molecule has 2 aromatic rings. The molecule has 0 unspecified atom stereocenters. The third kappa shape index (κ3) is 5.31. The van der Waals surface area contributed by atoms with Gasteiger partial charge in [0.25, 0.3) is 0 Å². The molecule has 0 bridgehead atoms. The van der Waals surface area contributed by atoms with Crippen LogP contribution in [0.2, 0.25) is 0 Å². The summed E-state index contributed by atoms with van der Waals surface area (Å²) >= 11 is 0. The van der Waals surface area contributed by atoms with Gasteiger partial charge in [-0.05, 0) is 31.6 Å². The smallest absolute Gasteiger partial charge is 0.347 e. The molecule has 0 N–H and O–H groups in total. The van der Waals surface area contributed by atoms with Crippen molar-refractivity contribution in [1.82, 2.24) is 4.90 Å². The minimum absolute atomic E-state index is 0. The quantitative estimate of drug-likeness (QED) is 0.621. The summed E-state index contributed by atoms with van der Waals surface area (Å²) < 4.78 is 11.8. The summed E-state index contributed by atoms with van der Waals surface area (Å²) in [4.78, 5) is 15.2. The molecule has 26 heavy (non-hydrogen) atoms. The van der Waals surface area contributed by atoms with Crippen LogP contribution in [0.15, 0.2) is 60.7 Å². The molecule has 0 amide bonds. The monoisotopic (exact) mass is 377 g/mol. The van der Waals surface area contributed by atoms with Crippen LogP contribution in [0.25, 0.3) is 0 Å². The first kappa shape index (κ1) is 22.2. The van der Waals surface area contributed by atoms with E-state index >= 15 is 0 Å². The second kappa shape index (κ2) is 11.0. The molecule has 0 heterocycles. The summed E-state index contributed by atoms with van der Waals surface area (Å²) in [6, 6.07) is 19.2. The Morgan fingerprint density at radius 1 is 0.923 bits per heavy atom. The van der Waals surface area contributed by atoms with E-state index < -0.39 is 5.60 Å². The second-order valence-corrected chi connectivity index (χ2v) is 6.20. The van der Waals surface area contributed by atoms with Crippen molar-refractivity contribution < 1.29 is 14.3 Å². The van der Waals surface area contributed by atoms with Crippen LogP contribution < -0.4 is 0 Å². The molecule has 2 rings (SSSR count).